The Hall–Kier alpha value is -0.110. The number of alkyl halides is 1. The maximum Gasteiger partial charge on any atom is 0.128 e. The monoisotopic (exact) mass is 159 g/mol. The molecule has 0 spiro atoms. The summed E-state index contributed by atoms with van der Waals surface area (Å²) in [4.78, 5) is 0. The van der Waals surface area contributed by atoms with E-state index in [9.17, 15) is 4.39 Å². The average Bonchev–Trinajstić information content (AvgIpc) is 1.87. The summed E-state index contributed by atoms with van der Waals surface area (Å²) in [5, 5.41) is 0. The van der Waals surface area contributed by atoms with Gasteiger partial charge < -0.3 is 5.73 Å². The number of halogens is 1. The van der Waals surface area contributed by atoms with Gasteiger partial charge in [0.25, 0.3) is 0 Å². The summed E-state index contributed by atoms with van der Waals surface area (Å²) in [6.07, 6.45) is 4.46. The van der Waals surface area contributed by atoms with Crippen LogP contribution < -0.4 is 5.73 Å². The van der Waals surface area contributed by atoms with Crippen molar-refractivity contribution < 1.29 is 4.39 Å². The minimum Gasteiger partial charge on any atom is -0.323 e. The quantitative estimate of drug-likeness (QED) is 0.624. The van der Waals surface area contributed by atoms with Gasteiger partial charge in [-0.15, -0.1) is 0 Å². The van der Waals surface area contributed by atoms with Gasteiger partial charge >= 0.3 is 0 Å². The van der Waals surface area contributed by atoms with Gasteiger partial charge in [0.1, 0.15) is 5.67 Å². The molecule has 0 radical (unpaired) electrons. The van der Waals surface area contributed by atoms with Crippen LogP contribution in [0.15, 0.2) is 0 Å². The highest BCUT2D eigenvalue weighted by atomic mass is 19.1. The first-order valence-corrected chi connectivity index (χ1v) is 4.43. The Morgan fingerprint density at radius 2 is 1.64 bits per heavy atom. The van der Waals surface area contributed by atoms with Crippen molar-refractivity contribution in [2.75, 3.05) is 0 Å². The van der Waals surface area contributed by atoms with E-state index in [2.05, 4.69) is 0 Å². The smallest absolute Gasteiger partial charge is 0.128 e. The molecular formula is C9H18FN. The van der Waals surface area contributed by atoms with Gasteiger partial charge in [-0.05, 0) is 26.7 Å². The van der Waals surface area contributed by atoms with E-state index in [1.807, 2.05) is 0 Å². The lowest BCUT2D eigenvalue weighted by molar-refractivity contribution is 0.0349. The van der Waals surface area contributed by atoms with Crippen molar-refractivity contribution in [3.63, 3.8) is 0 Å². The minimum atomic E-state index is -1.11. The van der Waals surface area contributed by atoms with Crippen LogP contribution in [0.5, 0.6) is 0 Å². The predicted octanol–water partition coefficient (Wildman–Crippen LogP) is 2.40. The third-order valence-electron chi connectivity index (χ3n) is 2.80. The highest BCUT2D eigenvalue weighted by Crippen LogP contribution is 2.38. The molecule has 0 aromatic heterocycles. The second kappa shape index (κ2) is 2.74. The molecule has 1 saturated carbocycles. The number of nitrogens with two attached hydrogens (primary N) is 1. The molecule has 2 N–H and O–H groups in total. The molecule has 0 aromatic carbocycles. The molecule has 1 aliphatic rings. The van der Waals surface area contributed by atoms with Crippen LogP contribution in [-0.2, 0) is 0 Å². The molecule has 1 nitrogen and oxygen atoms in total. The summed E-state index contributed by atoms with van der Waals surface area (Å²) in [5.74, 6) is 0. The molecule has 0 amide bonds. The van der Waals surface area contributed by atoms with Crippen molar-refractivity contribution >= 4 is 0 Å². The highest BCUT2D eigenvalue weighted by molar-refractivity contribution is 4.99. The first kappa shape index (κ1) is 8.98. The Bertz CT molecular complexity index is 131. The van der Waals surface area contributed by atoms with Crippen LogP contribution in [-0.4, -0.2) is 11.2 Å². The summed E-state index contributed by atoms with van der Waals surface area (Å²) in [5.41, 5.74) is 4.00. The van der Waals surface area contributed by atoms with Gasteiger partial charge in [0.05, 0.1) is 0 Å². The van der Waals surface area contributed by atoms with Crippen molar-refractivity contribution in [3.05, 3.63) is 0 Å². The number of hydrogen-bond acceptors (Lipinski definition) is 1. The van der Waals surface area contributed by atoms with Crippen LogP contribution in [0.2, 0.25) is 0 Å². The van der Waals surface area contributed by atoms with Crippen molar-refractivity contribution in [2.45, 2.75) is 57.2 Å². The third kappa shape index (κ3) is 1.73. The van der Waals surface area contributed by atoms with E-state index in [0.717, 1.165) is 12.8 Å². The van der Waals surface area contributed by atoms with Crippen molar-refractivity contribution in [3.8, 4) is 0 Å². The molecule has 0 bridgehead atoms. The number of rotatable bonds is 1. The minimum absolute atomic E-state index is 0.649. The van der Waals surface area contributed by atoms with Crippen molar-refractivity contribution in [1.29, 1.82) is 0 Å². The number of hydrogen-bond donors (Lipinski definition) is 1. The van der Waals surface area contributed by atoms with Gasteiger partial charge in [0.15, 0.2) is 0 Å². The van der Waals surface area contributed by atoms with E-state index >= 15 is 0 Å². The van der Waals surface area contributed by atoms with Crippen molar-refractivity contribution in [1.82, 2.24) is 0 Å². The van der Waals surface area contributed by atoms with E-state index in [1.54, 1.807) is 13.8 Å². The Labute approximate surface area is 68.2 Å². The summed E-state index contributed by atoms with van der Waals surface area (Å²) >= 11 is 0. The van der Waals surface area contributed by atoms with E-state index in [0.29, 0.717) is 12.8 Å². The van der Waals surface area contributed by atoms with Gasteiger partial charge in [0, 0.05) is 5.54 Å². The van der Waals surface area contributed by atoms with E-state index in [4.69, 9.17) is 5.73 Å². The van der Waals surface area contributed by atoms with Gasteiger partial charge in [-0.2, -0.15) is 0 Å². The topological polar surface area (TPSA) is 26.0 Å². The molecule has 0 atom stereocenters. The van der Waals surface area contributed by atoms with Crippen LogP contribution in [0, 0.1) is 0 Å². The van der Waals surface area contributed by atoms with Crippen molar-refractivity contribution in [2.24, 2.45) is 5.73 Å². The molecule has 66 valence electrons. The maximum atomic E-state index is 14.0. The summed E-state index contributed by atoms with van der Waals surface area (Å²) in [7, 11) is 0. The summed E-state index contributed by atoms with van der Waals surface area (Å²) in [6, 6.07) is 0. The molecule has 2 heteroatoms. The average molecular weight is 159 g/mol. The SMILES string of the molecule is CC(C)(N)C1(F)CCCCC1. The molecular weight excluding hydrogens is 141 g/mol. The van der Waals surface area contributed by atoms with Crippen LogP contribution in [0.4, 0.5) is 4.39 Å². The Morgan fingerprint density at radius 1 is 1.18 bits per heavy atom. The fraction of sp³-hybridized carbons (Fsp3) is 1.00. The first-order chi connectivity index (χ1) is 4.96. The molecule has 11 heavy (non-hydrogen) atoms. The molecule has 0 aliphatic heterocycles. The van der Waals surface area contributed by atoms with Crippen LogP contribution in [0.3, 0.4) is 0 Å². The molecule has 1 fully saturated rings. The van der Waals surface area contributed by atoms with Crippen LogP contribution in [0.25, 0.3) is 0 Å². The Balaban J connectivity index is 2.64. The lowest BCUT2D eigenvalue weighted by atomic mass is 9.74. The molecule has 1 aliphatic carbocycles. The van der Waals surface area contributed by atoms with Crippen LogP contribution >= 0.6 is 0 Å². The molecule has 0 unspecified atom stereocenters. The molecule has 0 aromatic rings. The summed E-state index contributed by atoms with van der Waals surface area (Å²) in [6.45, 7) is 3.58. The molecule has 0 heterocycles. The maximum absolute atomic E-state index is 14.0. The zero-order valence-corrected chi connectivity index (χ0v) is 7.49. The normalized spacial score (nSPS) is 25.1. The van der Waals surface area contributed by atoms with E-state index in [-0.39, 0.29) is 0 Å². The Kier molecular flexibility index (Phi) is 2.24. The summed E-state index contributed by atoms with van der Waals surface area (Å²) < 4.78 is 14.0. The Morgan fingerprint density at radius 3 is 1.91 bits per heavy atom. The van der Waals surface area contributed by atoms with E-state index in [1.165, 1.54) is 6.42 Å². The zero-order valence-electron chi connectivity index (χ0n) is 7.49. The second-order valence-corrected chi connectivity index (χ2v) is 4.25. The van der Waals surface area contributed by atoms with Gasteiger partial charge in [-0.25, -0.2) is 4.39 Å². The second-order valence-electron chi connectivity index (χ2n) is 4.25. The van der Waals surface area contributed by atoms with E-state index < -0.39 is 11.2 Å². The highest BCUT2D eigenvalue weighted by Gasteiger charge is 2.43. The molecule has 0 saturated heterocycles. The largest absolute Gasteiger partial charge is 0.323 e. The third-order valence-corrected chi connectivity index (χ3v) is 2.80. The van der Waals surface area contributed by atoms with Gasteiger partial charge in [-0.3, -0.25) is 0 Å². The standard InChI is InChI=1S/C9H18FN/c1-8(2,11)9(10)6-4-3-5-7-9/h3-7,11H2,1-2H3. The van der Waals surface area contributed by atoms with Gasteiger partial charge in [0.2, 0.25) is 0 Å². The fourth-order valence-electron chi connectivity index (χ4n) is 1.76. The lowest BCUT2D eigenvalue weighted by Crippen LogP contribution is -2.54. The zero-order chi connectivity index (χ0) is 8.54. The van der Waals surface area contributed by atoms with Gasteiger partial charge in [-0.1, -0.05) is 19.3 Å². The fourth-order valence-corrected chi connectivity index (χ4v) is 1.76. The first-order valence-electron chi connectivity index (χ1n) is 4.43. The van der Waals surface area contributed by atoms with Crippen LogP contribution in [0.1, 0.15) is 46.0 Å². The predicted molar refractivity (Wildman–Crippen MR) is 45.2 cm³/mol. The lowest BCUT2D eigenvalue weighted by Gasteiger charge is -2.40. The molecule has 1 rings (SSSR count).